The summed E-state index contributed by atoms with van der Waals surface area (Å²) in [5.41, 5.74) is 0. The van der Waals surface area contributed by atoms with Crippen molar-refractivity contribution >= 4 is 29.9 Å². The highest BCUT2D eigenvalue weighted by Gasteiger charge is 2.04. The molecule has 0 fully saturated rings. The van der Waals surface area contributed by atoms with Crippen LogP contribution in [0, 0.1) is 0 Å². The number of unbranched alkanes of at least 4 members (excludes halogenated alkanes) is 3. The lowest BCUT2D eigenvalue weighted by Crippen LogP contribution is -2.43. The molecule has 0 saturated carbocycles. The van der Waals surface area contributed by atoms with Crippen molar-refractivity contribution in [3.05, 3.63) is 18.7 Å². The Morgan fingerprint density at radius 3 is 2.76 bits per heavy atom. The number of nitrogens with zero attached hydrogens (tertiary/aromatic N) is 3. The topological polar surface area (TPSA) is 54.2 Å². The van der Waals surface area contributed by atoms with Gasteiger partial charge in [-0.25, -0.2) is 4.98 Å². The van der Waals surface area contributed by atoms with Crippen LogP contribution in [0.1, 0.15) is 46.0 Å². The van der Waals surface area contributed by atoms with Crippen LogP contribution in [0.5, 0.6) is 0 Å². The van der Waals surface area contributed by atoms with Crippen molar-refractivity contribution in [1.29, 1.82) is 0 Å². The molecule has 0 bridgehead atoms. The molecule has 21 heavy (non-hydrogen) atoms. The van der Waals surface area contributed by atoms with E-state index in [0.717, 1.165) is 19.0 Å². The maximum Gasteiger partial charge on any atom is 0.191 e. The molecule has 1 aromatic heterocycles. The van der Waals surface area contributed by atoms with Gasteiger partial charge in [-0.15, -0.1) is 24.0 Å². The number of imidazole rings is 1. The summed E-state index contributed by atoms with van der Waals surface area (Å²) in [7, 11) is 1.82. The van der Waals surface area contributed by atoms with Crippen LogP contribution in [0.2, 0.25) is 0 Å². The summed E-state index contributed by atoms with van der Waals surface area (Å²) in [4.78, 5) is 8.29. The molecule has 0 aliphatic rings. The van der Waals surface area contributed by atoms with Crippen LogP contribution in [-0.4, -0.2) is 35.1 Å². The van der Waals surface area contributed by atoms with Crippen LogP contribution in [0.15, 0.2) is 23.7 Å². The number of nitrogens with one attached hydrogen (secondary N) is 2. The quantitative estimate of drug-likeness (QED) is 0.286. The molecule has 0 aliphatic heterocycles. The maximum absolute atomic E-state index is 4.26. The summed E-state index contributed by atoms with van der Waals surface area (Å²) in [6.45, 7) is 6.20. The molecule has 6 heteroatoms. The molecule has 1 heterocycles. The highest BCUT2D eigenvalue weighted by molar-refractivity contribution is 14.0. The highest BCUT2D eigenvalue weighted by atomic mass is 127. The molecule has 0 amide bonds. The summed E-state index contributed by atoms with van der Waals surface area (Å²) in [6, 6.07) is 0.464. The van der Waals surface area contributed by atoms with E-state index in [1.165, 1.54) is 32.1 Å². The van der Waals surface area contributed by atoms with Gasteiger partial charge in [0.25, 0.3) is 0 Å². The van der Waals surface area contributed by atoms with E-state index in [4.69, 9.17) is 0 Å². The first-order chi connectivity index (χ1) is 9.76. The number of hydrogen-bond donors (Lipinski definition) is 2. The van der Waals surface area contributed by atoms with Crippen molar-refractivity contribution in [2.75, 3.05) is 13.6 Å². The Bertz CT molecular complexity index is 364. The van der Waals surface area contributed by atoms with E-state index >= 15 is 0 Å². The minimum absolute atomic E-state index is 0. The third kappa shape index (κ3) is 9.71. The summed E-state index contributed by atoms with van der Waals surface area (Å²) in [6.07, 6.45) is 12.0. The molecule has 0 saturated heterocycles. The molecule has 2 N–H and O–H groups in total. The van der Waals surface area contributed by atoms with Gasteiger partial charge in [-0.05, 0) is 13.3 Å². The number of aromatic nitrogens is 2. The average molecular weight is 407 g/mol. The number of aliphatic imine (C=N–C) groups is 1. The molecule has 122 valence electrons. The molecule has 1 rings (SSSR count). The van der Waals surface area contributed by atoms with Gasteiger partial charge in [-0.1, -0.05) is 32.6 Å². The standard InChI is InChI=1S/C15H29N5.HI/c1-4-5-6-7-8-14(2)19-15(16-3)18-10-12-20-11-9-17-13-20;/h9,11,13-14H,4-8,10,12H2,1-3H3,(H2,16,18,19);1H. The third-order valence-electron chi connectivity index (χ3n) is 3.32. The first-order valence-corrected chi connectivity index (χ1v) is 7.69. The van der Waals surface area contributed by atoms with E-state index in [1.54, 1.807) is 6.20 Å². The number of rotatable bonds is 9. The fourth-order valence-electron chi connectivity index (χ4n) is 2.10. The van der Waals surface area contributed by atoms with Gasteiger partial charge in [0.2, 0.25) is 0 Å². The Morgan fingerprint density at radius 1 is 1.33 bits per heavy atom. The number of guanidine groups is 1. The second kappa shape index (κ2) is 12.9. The molecule has 0 spiro atoms. The van der Waals surface area contributed by atoms with Crippen molar-refractivity contribution in [1.82, 2.24) is 20.2 Å². The zero-order chi connectivity index (χ0) is 14.6. The fourth-order valence-corrected chi connectivity index (χ4v) is 2.10. The summed E-state index contributed by atoms with van der Waals surface area (Å²) in [5, 5.41) is 6.77. The lowest BCUT2D eigenvalue weighted by atomic mass is 10.1. The van der Waals surface area contributed by atoms with E-state index in [9.17, 15) is 0 Å². The van der Waals surface area contributed by atoms with E-state index in [2.05, 4.69) is 39.0 Å². The molecule has 0 aliphatic carbocycles. The van der Waals surface area contributed by atoms with Gasteiger partial charge < -0.3 is 15.2 Å². The maximum atomic E-state index is 4.26. The van der Waals surface area contributed by atoms with E-state index in [-0.39, 0.29) is 24.0 Å². The minimum atomic E-state index is 0. The van der Waals surface area contributed by atoms with Gasteiger partial charge in [-0.3, -0.25) is 4.99 Å². The van der Waals surface area contributed by atoms with Crippen LogP contribution < -0.4 is 10.6 Å². The van der Waals surface area contributed by atoms with Crippen molar-refractivity contribution in [2.45, 2.75) is 58.5 Å². The van der Waals surface area contributed by atoms with Crippen molar-refractivity contribution < 1.29 is 0 Å². The minimum Gasteiger partial charge on any atom is -0.355 e. The zero-order valence-electron chi connectivity index (χ0n) is 13.5. The molecule has 0 radical (unpaired) electrons. The second-order valence-electron chi connectivity index (χ2n) is 5.19. The number of hydrogen-bond acceptors (Lipinski definition) is 2. The Morgan fingerprint density at radius 2 is 2.14 bits per heavy atom. The van der Waals surface area contributed by atoms with Gasteiger partial charge in [0.1, 0.15) is 0 Å². The van der Waals surface area contributed by atoms with Crippen molar-refractivity contribution in [2.24, 2.45) is 4.99 Å². The van der Waals surface area contributed by atoms with Crippen LogP contribution in [0.25, 0.3) is 0 Å². The monoisotopic (exact) mass is 407 g/mol. The van der Waals surface area contributed by atoms with E-state index in [1.807, 2.05) is 19.6 Å². The van der Waals surface area contributed by atoms with Crippen LogP contribution in [-0.2, 0) is 6.54 Å². The van der Waals surface area contributed by atoms with E-state index < -0.39 is 0 Å². The Labute approximate surface area is 146 Å². The lowest BCUT2D eigenvalue weighted by molar-refractivity contribution is 0.535. The summed E-state index contributed by atoms with van der Waals surface area (Å²) >= 11 is 0. The van der Waals surface area contributed by atoms with Gasteiger partial charge in [-0.2, -0.15) is 0 Å². The largest absolute Gasteiger partial charge is 0.355 e. The molecule has 1 aromatic rings. The molecular weight excluding hydrogens is 377 g/mol. The summed E-state index contributed by atoms with van der Waals surface area (Å²) in [5.74, 6) is 0.883. The molecule has 1 atom stereocenters. The molecular formula is C15H30IN5. The van der Waals surface area contributed by atoms with Crippen molar-refractivity contribution in [3.63, 3.8) is 0 Å². The second-order valence-corrected chi connectivity index (χ2v) is 5.19. The Balaban J connectivity index is 0.00000400. The highest BCUT2D eigenvalue weighted by Crippen LogP contribution is 2.04. The van der Waals surface area contributed by atoms with Gasteiger partial charge in [0.15, 0.2) is 5.96 Å². The van der Waals surface area contributed by atoms with Gasteiger partial charge in [0.05, 0.1) is 6.33 Å². The Kier molecular flexibility index (Phi) is 12.4. The Hall–Kier alpha value is -0.790. The van der Waals surface area contributed by atoms with Crippen molar-refractivity contribution in [3.8, 4) is 0 Å². The third-order valence-corrected chi connectivity index (χ3v) is 3.32. The van der Waals surface area contributed by atoms with E-state index in [0.29, 0.717) is 6.04 Å². The SMILES string of the molecule is CCCCCCC(C)NC(=NC)NCCn1ccnc1.I. The van der Waals surface area contributed by atoms with Gasteiger partial charge in [0, 0.05) is 38.6 Å². The zero-order valence-corrected chi connectivity index (χ0v) is 15.8. The lowest BCUT2D eigenvalue weighted by Gasteiger charge is -2.18. The normalized spacial score (nSPS) is 12.6. The molecule has 0 aromatic carbocycles. The molecule has 5 nitrogen and oxygen atoms in total. The first kappa shape index (κ1) is 20.2. The molecule has 1 unspecified atom stereocenters. The average Bonchev–Trinajstić information content (AvgIpc) is 2.95. The fraction of sp³-hybridized carbons (Fsp3) is 0.733. The van der Waals surface area contributed by atoms with Crippen LogP contribution >= 0.6 is 24.0 Å². The predicted molar refractivity (Wildman–Crippen MR) is 100 cm³/mol. The van der Waals surface area contributed by atoms with Crippen LogP contribution in [0.4, 0.5) is 0 Å². The first-order valence-electron chi connectivity index (χ1n) is 7.69. The number of halogens is 1. The van der Waals surface area contributed by atoms with Crippen LogP contribution in [0.3, 0.4) is 0 Å². The summed E-state index contributed by atoms with van der Waals surface area (Å²) < 4.78 is 2.05. The van der Waals surface area contributed by atoms with Gasteiger partial charge >= 0.3 is 0 Å². The predicted octanol–water partition coefficient (Wildman–Crippen LogP) is 3.03. The smallest absolute Gasteiger partial charge is 0.191 e.